The predicted octanol–water partition coefficient (Wildman–Crippen LogP) is 0.376. The number of nitrogen functional groups attached to an aromatic ring is 1. The van der Waals surface area contributed by atoms with Gasteiger partial charge in [-0.05, 0) is 19.1 Å². The van der Waals surface area contributed by atoms with Crippen molar-refractivity contribution in [1.29, 1.82) is 0 Å². The van der Waals surface area contributed by atoms with Gasteiger partial charge in [-0.2, -0.15) is 0 Å². The van der Waals surface area contributed by atoms with Gasteiger partial charge in [0.2, 0.25) is 5.91 Å². The summed E-state index contributed by atoms with van der Waals surface area (Å²) in [5.41, 5.74) is 5.30. The molecule has 0 aliphatic heterocycles. The largest absolute Gasteiger partial charge is 0.465 e. The quantitative estimate of drug-likeness (QED) is 0.279. The van der Waals surface area contributed by atoms with Gasteiger partial charge in [0.05, 0.1) is 12.4 Å². The van der Waals surface area contributed by atoms with Gasteiger partial charge in [-0.1, -0.05) is 30.0 Å². The van der Waals surface area contributed by atoms with Crippen molar-refractivity contribution in [3.05, 3.63) is 46.2 Å². The molecule has 1 heterocycles. The molecule has 2 rings (SSSR count). The number of hydrogen-bond donors (Lipinski definition) is 4. The number of carbonyl (C=O) groups is 3. The maximum atomic E-state index is 12.2. The Kier molecular flexibility index (Phi) is 7.57. The number of hydrogen-bond acceptors (Lipinski definition) is 8. The molecule has 28 heavy (non-hydrogen) atoms. The van der Waals surface area contributed by atoms with Crippen molar-refractivity contribution in [2.75, 3.05) is 30.0 Å². The maximum Gasteiger partial charge on any atom is 0.325 e. The number of carbonyl (C=O) groups excluding carboxylic acids is 3. The number of nitrogens with two attached hydrogens (primary N) is 1. The number of aromatic nitrogens is 2. The molecule has 0 fully saturated rings. The molecule has 0 unspecified atom stereocenters. The molecule has 0 spiro atoms. The number of thioether (sulfide) groups is 1. The summed E-state index contributed by atoms with van der Waals surface area (Å²) in [6, 6.07) is 8.31. The molecule has 0 aliphatic rings. The van der Waals surface area contributed by atoms with Gasteiger partial charge in [0.25, 0.3) is 11.5 Å². The van der Waals surface area contributed by atoms with Crippen molar-refractivity contribution in [2.24, 2.45) is 0 Å². The summed E-state index contributed by atoms with van der Waals surface area (Å²) >= 11 is 0.922. The lowest BCUT2D eigenvalue weighted by molar-refractivity contribution is -0.143. The highest BCUT2D eigenvalue weighted by Crippen LogP contribution is 2.17. The van der Waals surface area contributed by atoms with E-state index in [0.717, 1.165) is 11.8 Å². The molecule has 1 aromatic carbocycles. The second-order valence-corrected chi connectivity index (χ2v) is 6.29. The highest BCUT2D eigenvalue weighted by atomic mass is 32.2. The Labute approximate surface area is 164 Å². The molecule has 11 heteroatoms. The monoisotopic (exact) mass is 405 g/mol. The Morgan fingerprint density at radius 1 is 1.25 bits per heavy atom. The summed E-state index contributed by atoms with van der Waals surface area (Å²) in [6.07, 6.45) is 0. The number of esters is 1. The van der Waals surface area contributed by atoms with Crippen LogP contribution in [0.5, 0.6) is 0 Å². The molecule has 2 amide bonds. The van der Waals surface area contributed by atoms with Gasteiger partial charge in [0, 0.05) is 5.56 Å². The summed E-state index contributed by atoms with van der Waals surface area (Å²) < 4.78 is 4.69. The van der Waals surface area contributed by atoms with E-state index in [2.05, 4.69) is 20.6 Å². The molecule has 0 atom stereocenters. The van der Waals surface area contributed by atoms with Crippen LogP contribution in [-0.2, 0) is 14.3 Å². The zero-order chi connectivity index (χ0) is 20.5. The topological polar surface area (TPSA) is 156 Å². The van der Waals surface area contributed by atoms with Crippen LogP contribution in [0.2, 0.25) is 0 Å². The standard InChI is InChI=1S/C17H19N5O5S/c1-2-27-12(24)8-19-11(23)9-28-17-21-14(18)13(16(26)22-17)20-15(25)10-6-4-3-5-7-10/h3-7H,2,8-9H2,1H3,(H,19,23)(H,20,25)(H3,18,21,22,26). The number of amides is 2. The van der Waals surface area contributed by atoms with Crippen molar-refractivity contribution in [3.8, 4) is 0 Å². The van der Waals surface area contributed by atoms with Crippen LogP contribution in [0.25, 0.3) is 0 Å². The molecular formula is C17H19N5O5S. The zero-order valence-corrected chi connectivity index (χ0v) is 15.8. The Hall–Kier alpha value is -3.34. The van der Waals surface area contributed by atoms with Crippen molar-refractivity contribution in [3.63, 3.8) is 0 Å². The van der Waals surface area contributed by atoms with Crippen LogP contribution >= 0.6 is 11.8 Å². The molecule has 0 saturated carbocycles. The summed E-state index contributed by atoms with van der Waals surface area (Å²) in [4.78, 5) is 53.7. The van der Waals surface area contributed by atoms with Crippen LogP contribution in [0.1, 0.15) is 17.3 Å². The molecule has 148 valence electrons. The number of anilines is 2. The van der Waals surface area contributed by atoms with Crippen LogP contribution < -0.4 is 21.9 Å². The predicted molar refractivity (Wildman–Crippen MR) is 104 cm³/mol. The van der Waals surface area contributed by atoms with Gasteiger partial charge in [-0.3, -0.25) is 24.2 Å². The number of aromatic amines is 1. The van der Waals surface area contributed by atoms with E-state index in [-0.39, 0.29) is 35.6 Å². The lowest BCUT2D eigenvalue weighted by Crippen LogP contribution is -2.32. The zero-order valence-electron chi connectivity index (χ0n) is 15.0. The smallest absolute Gasteiger partial charge is 0.325 e. The van der Waals surface area contributed by atoms with Crippen molar-refractivity contribution < 1.29 is 19.1 Å². The van der Waals surface area contributed by atoms with E-state index in [0.29, 0.717) is 5.56 Å². The number of nitrogens with zero attached hydrogens (tertiary/aromatic N) is 1. The number of benzene rings is 1. The fourth-order valence-corrected chi connectivity index (χ4v) is 2.70. The Morgan fingerprint density at radius 2 is 1.96 bits per heavy atom. The fraction of sp³-hybridized carbons (Fsp3) is 0.235. The highest BCUT2D eigenvalue weighted by Gasteiger charge is 2.15. The van der Waals surface area contributed by atoms with Gasteiger partial charge in [-0.25, -0.2) is 4.98 Å². The van der Waals surface area contributed by atoms with Crippen LogP contribution in [-0.4, -0.2) is 46.7 Å². The molecule has 0 bridgehead atoms. The number of ether oxygens (including phenoxy) is 1. The second-order valence-electron chi connectivity index (χ2n) is 5.32. The molecule has 0 saturated heterocycles. The summed E-state index contributed by atoms with van der Waals surface area (Å²) in [6.45, 7) is 1.64. The van der Waals surface area contributed by atoms with Gasteiger partial charge in [0.15, 0.2) is 11.0 Å². The van der Waals surface area contributed by atoms with E-state index in [4.69, 9.17) is 10.5 Å². The van der Waals surface area contributed by atoms with Gasteiger partial charge < -0.3 is 21.1 Å². The van der Waals surface area contributed by atoms with Gasteiger partial charge >= 0.3 is 5.97 Å². The van der Waals surface area contributed by atoms with Crippen molar-refractivity contribution >= 4 is 41.1 Å². The molecule has 1 aromatic heterocycles. The Balaban J connectivity index is 1.96. The number of nitrogens with one attached hydrogen (secondary N) is 3. The molecule has 0 radical (unpaired) electrons. The molecule has 10 nitrogen and oxygen atoms in total. The van der Waals surface area contributed by atoms with E-state index in [1.165, 1.54) is 0 Å². The third-order valence-corrected chi connectivity index (χ3v) is 4.15. The number of H-pyrrole nitrogens is 1. The fourth-order valence-electron chi connectivity index (χ4n) is 2.00. The average molecular weight is 405 g/mol. The lowest BCUT2D eigenvalue weighted by atomic mass is 10.2. The minimum Gasteiger partial charge on any atom is -0.465 e. The Morgan fingerprint density at radius 3 is 2.61 bits per heavy atom. The minimum absolute atomic E-state index is 0.0997. The van der Waals surface area contributed by atoms with Gasteiger partial charge in [0.1, 0.15) is 12.2 Å². The normalized spacial score (nSPS) is 10.2. The van der Waals surface area contributed by atoms with E-state index < -0.39 is 23.3 Å². The van der Waals surface area contributed by atoms with E-state index in [9.17, 15) is 19.2 Å². The molecule has 5 N–H and O–H groups in total. The molecule has 2 aromatic rings. The van der Waals surface area contributed by atoms with Crippen LogP contribution in [0.3, 0.4) is 0 Å². The first-order chi connectivity index (χ1) is 13.4. The SMILES string of the molecule is CCOC(=O)CNC(=O)CSc1nc(N)c(NC(=O)c2ccccc2)c(=O)[nH]1. The average Bonchev–Trinajstić information content (AvgIpc) is 2.68. The maximum absolute atomic E-state index is 12.2. The number of rotatable bonds is 8. The van der Waals surface area contributed by atoms with Crippen LogP contribution in [0, 0.1) is 0 Å². The first-order valence-electron chi connectivity index (χ1n) is 8.22. The first-order valence-corrected chi connectivity index (χ1v) is 9.20. The summed E-state index contributed by atoms with van der Waals surface area (Å²) in [5.74, 6) is -1.77. The van der Waals surface area contributed by atoms with Crippen LogP contribution in [0.15, 0.2) is 40.3 Å². The van der Waals surface area contributed by atoms with Gasteiger partial charge in [-0.15, -0.1) is 0 Å². The first kappa shape index (κ1) is 21.0. The van der Waals surface area contributed by atoms with E-state index in [1.54, 1.807) is 37.3 Å². The minimum atomic E-state index is -0.647. The van der Waals surface area contributed by atoms with Crippen molar-refractivity contribution in [1.82, 2.24) is 15.3 Å². The van der Waals surface area contributed by atoms with E-state index in [1.807, 2.05) is 0 Å². The summed E-state index contributed by atoms with van der Waals surface area (Å²) in [5, 5.41) is 4.90. The van der Waals surface area contributed by atoms with Crippen molar-refractivity contribution in [2.45, 2.75) is 12.1 Å². The highest BCUT2D eigenvalue weighted by molar-refractivity contribution is 7.99. The lowest BCUT2D eigenvalue weighted by Gasteiger charge is -2.08. The molecular weight excluding hydrogens is 386 g/mol. The molecule has 0 aliphatic carbocycles. The summed E-state index contributed by atoms with van der Waals surface area (Å²) in [7, 11) is 0. The third-order valence-electron chi connectivity index (χ3n) is 3.28. The Bertz CT molecular complexity index is 916. The van der Waals surface area contributed by atoms with E-state index >= 15 is 0 Å². The van der Waals surface area contributed by atoms with Crippen LogP contribution in [0.4, 0.5) is 11.5 Å². The second kappa shape index (κ2) is 10.1. The third kappa shape index (κ3) is 6.13.